The molecular weight excluding hydrogens is 520 g/mol. The molecule has 11 heteroatoms. The molecule has 2 aromatic rings. The normalized spacial score (nSPS) is 14.1. The molecule has 4 amide bonds. The van der Waals surface area contributed by atoms with E-state index in [1.165, 1.54) is 12.6 Å². The van der Waals surface area contributed by atoms with E-state index in [9.17, 15) is 9.59 Å². The van der Waals surface area contributed by atoms with E-state index in [1.807, 2.05) is 41.3 Å². The maximum atomic E-state index is 13.1. The van der Waals surface area contributed by atoms with Crippen molar-refractivity contribution in [2.24, 2.45) is 0 Å². The van der Waals surface area contributed by atoms with Crippen molar-refractivity contribution in [3.8, 4) is 5.75 Å². The number of para-hydroxylation sites is 1. The van der Waals surface area contributed by atoms with Gasteiger partial charge in [0.05, 0.1) is 0 Å². The van der Waals surface area contributed by atoms with Gasteiger partial charge in [0, 0.05) is 38.8 Å². The van der Waals surface area contributed by atoms with E-state index in [0.29, 0.717) is 32.8 Å². The lowest BCUT2D eigenvalue weighted by atomic mass is 10.0. The maximum Gasteiger partial charge on any atom is 0.324 e. The number of aryl methyl sites for hydroxylation is 1. The fraction of sp³-hybridized carbons (Fsp3) is 0.467. The summed E-state index contributed by atoms with van der Waals surface area (Å²) in [5.74, 6) is 0.736. The second-order valence-corrected chi connectivity index (χ2v) is 10.0. The molecule has 222 valence electrons. The van der Waals surface area contributed by atoms with Crippen molar-refractivity contribution in [2.45, 2.75) is 64.5 Å². The third-order valence-corrected chi connectivity index (χ3v) is 6.95. The lowest BCUT2D eigenvalue weighted by molar-refractivity contribution is 0.200. The Kier molecular flexibility index (Phi) is 13.3. The van der Waals surface area contributed by atoms with Gasteiger partial charge >= 0.3 is 12.1 Å². The van der Waals surface area contributed by atoms with Gasteiger partial charge in [0.1, 0.15) is 12.4 Å². The van der Waals surface area contributed by atoms with E-state index in [1.54, 1.807) is 0 Å². The predicted molar refractivity (Wildman–Crippen MR) is 161 cm³/mol. The summed E-state index contributed by atoms with van der Waals surface area (Å²) in [7, 11) is 1.51. The zero-order valence-corrected chi connectivity index (χ0v) is 24.0. The first-order chi connectivity index (χ1) is 20.0. The van der Waals surface area contributed by atoms with E-state index in [-0.39, 0.29) is 18.0 Å². The van der Waals surface area contributed by atoms with Crippen LogP contribution in [0.15, 0.2) is 48.5 Å². The molecule has 0 atom stereocenters. The second kappa shape index (κ2) is 17.4. The third kappa shape index (κ3) is 11.4. The Bertz CT molecular complexity index is 1160. The van der Waals surface area contributed by atoms with Crippen LogP contribution in [0.5, 0.6) is 5.75 Å². The van der Waals surface area contributed by atoms with Crippen LogP contribution in [0.25, 0.3) is 0 Å². The Labute approximate surface area is 242 Å². The lowest BCUT2D eigenvalue weighted by Crippen LogP contribution is -2.47. The molecule has 0 saturated carbocycles. The van der Waals surface area contributed by atoms with E-state index in [0.717, 1.165) is 68.2 Å². The standard InChI is InChI=1S/C30H44N8O3/c1-33-29(39)36-27(31)34-18-10-4-2-3-5-11-19-38-20-12-16-23-13-6-7-15-25(23)22-41-26-17-9-8-14-24(26)21-35-28(32)37-30(38)40/h6-9,13-15,17H,2-5,10-12,16,18-22H2,1H3,(H3,32,35,37,40)(H4,31,33,34,36,39). The summed E-state index contributed by atoms with van der Waals surface area (Å²) in [6.07, 6.45) is 7.64. The molecule has 0 aliphatic carbocycles. The smallest absolute Gasteiger partial charge is 0.324 e. The largest absolute Gasteiger partial charge is 0.489 e. The first-order valence-electron chi connectivity index (χ1n) is 14.4. The highest BCUT2D eigenvalue weighted by molar-refractivity contribution is 5.95. The average molecular weight is 565 g/mol. The molecule has 0 fully saturated rings. The van der Waals surface area contributed by atoms with Gasteiger partial charge in [-0.25, -0.2) is 9.59 Å². The second-order valence-electron chi connectivity index (χ2n) is 10.0. The van der Waals surface area contributed by atoms with Crippen molar-refractivity contribution >= 4 is 24.0 Å². The molecular formula is C30H44N8O3. The summed E-state index contributed by atoms with van der Waals surface area (Å²) in [4.78, 5) is 26.1. The summed E-state index contributed by atoms with van der Waals surface area (Å²) >= 11 is 0. The van der Waals surface area contributed by atoms with Crippen LogP contribution in [0.2, 0.25) is 0 Å². The predicted octanol–water partition coefficient (Wildman–Crippen LogP) is 4.04. The molecule has 0 spiro atoms. The van der Waals surface area contributed by atoms with Crippen LogP contribution in [-0.4, -0.2) is 55.6 Å². The van der Waals surface area contributed by atoms with E-state index < -0.39 is 6.03 Å². The van der Waals surface area contributed by atoms with Crippen LogP contribution in [0.3, 0.4) is 0 Å². The molecule has 3 rings (SSSR count). The van der Waals surface area contributed by atoms with Crippen LogP contribution in [0.4, 0.5) is 9.59 Å². The first-order valence-corrected chi connectivity index (χ1v) is 14.4. The van der Waals surface area contributed by atoms with Crippen LogP contribution in [-0.2, 0) is 19.6 Å². The number of ether oxygens (including phenoxy) is 1. The van der Waals surface area contributed by atoms with Crippen molar-refractivity contribution in [1.82, 2.24) is 31.5 Å². The minimum atomic E-state index is -0.409. The number of guanidine groups is 2. The number of nitrogens with zero attached hydrogens (tertiary/aromatic N) is 1. The summed E-state index contributed by atoms with van der Waals surface area (Å²) in [5.41, 5.74) is 3.29. The van der Waals surface area contributed by atoms with Crippen LogP contribution in [0, 0.1) is 10.8 Å². The topological polar surface area (TPSA) is 154 Å². The van der Waals surface area contributed by atoms with E-state index >= 15 is 0 Å². The highest BCUT2D eigenvalue weighted by Gasteiger charge is 2.16. The number of nitrogens with one attached hydrogen (secondary N) is 7. The van der Waals surface area contributed by atoms with Crippen molar-refractivity contribution in [1.29, 1.82) is 10.8 Å². The molecule has 1 aliphatic rings. The van der Waals surface area contributed by atoms with Crippen molar-refractivity contribution in [3.63, 3.8) is 0 Å². The molecule has 0 bridgehead atoms. The summed E-state index contributed by atoms with van der Waals surface area (Å²) in [6, 6.07) is 15.4. The van der Waals surface area contributed by atoms with Crippen LogP contribution in [0.1, 0.15) is 61.6 Å². The molecule has 0 saturated heterocycles. The minimum absolute atomic E-state index is 0.000332. The van der Waals surface area contributed by atoms with Gasteiger partial charge in [-0.2, -0.15) is 0 Å². The van der Waals surface area contributed by atoms with Gasteiger partial charge in [-0.1, -0.05) is 68.1 Å². The van der Waals surface area contributed by atoms with Crippen LogP contribution < -0.4 is 31.3 Å². The highest BCUT2D eigenvalue weighted by Crippen LogP contribution is 2.21. The molecule has 1 aliphatic heterocycles. The van der Waals surface area contributed by atoms with Gasteiger partial charge in [-0.15, -0.1) is 0 Å². The third-order valence-electron chi connectivity index (χ3n) is 6.95. The zero-order valence-electron chi connectivity index (χ0n) is 24.0. The van der Waals surface area contributed by atoms with E-state index in [4.69, 9.17) is 15.6 Å². The SMILES string of the molecule is CNC(=O)NC(=N)NCCCCCCCCN1CCCc2ccccc2COc2ccccc2CNC(=N)NC1=O. The van der Waals surface area contributed by atoms with Gasteiger partial charge in [0.2, 0.25) is 0 Å². The average Bonchev–Trinajstić information content (AvgIpc) is 2.97. The Morgan fingerprint density at radius 3 is 2.44 bits per heavy atom. The minimum Gasteiger partial charge on any atom is -0.489 e. The Morgan fingerprint density at radius 1 is 0.976 bits per heavy atom. The monoisotopic (exact) mass is 564 g/mol. The summed E-state index contributed by atoms with van der Waals surface area (Å²) in [5, 5.41) is 29.3. The van der Waals surface area contributed by atoms with Crippen molar-refractivity contribution < 1.29 is 14.3 Å². The molecule has 0 radical (unpaired) electrons. The maximum absolute atomic E-state index is 13.1. The Balaban J connectivity index is 1.47. The highest BCUT2D eigenvalue weighted by atomic mass is 16.5. The fourth-order valence-corrected chi connectivity index (χ4v) is 4.65. The zero-order chi connectivity index (χ0) is 29.3. The van der Waals surface area contributed by atoms with Gasteiger partial charge < -0.3 is 25.6 Å². The van der Waals surface area contributed by atoms with Crippen molar-refractivity contribution in [2.75, 3.05) is 26.7 Å². The number of fused-ring (bicyclic) bond motifs is 2. The van der Waals surface area contributed by atoms with E-state index in [2.05, 4.69) is 38.7 Å². The fourth-order valence-electron chi connectivity index (χ4n) is 4.65. The van der Waals surface area contributed by atoms with Crippen molar-refractivity contribution in [3.05, 3.63) is 65.2 Å². The molecule has 11 nitrogen and oxygen atoms in total. The number of carbonyl (C=O) groups is 2. The molecule has 41 heavy (non-hydrogen) atoms. The Morgan fingerprint density at radius 2 is 1.66 bits per heavy atom. The summed E-state index contributed by atoms with van der Waals surface area (Å²) < 4.78 is 6.16. The van der Waals surface area contributed by atoms with Crippen LogP contribution >= 0.6 is 0 Å². The van der Waals surface area contributed by atoms with Gasteiger partial charge in [0.15, 0.2) is 11.9 Å². The molecule has 2 aromatic carbocycles. The number of benzene rings is 2. The summed E-state index contributed by atoms with van der Waals surface area (Å²) in [6.45, 7) is 2.72. The first kappa shape index (κ1) is 31.3. The number of hydrogen-bond donors (Lipinski definition) is 7. The number of carbonyl (C=O) groups excluding carboxylic acids is 2. The van der Waals surface area contributed by atoms with Gasteiger partial charge in [0.25, 0.3) is 0 Å². The number of urea groups is 2. The van der Waals surface area contributed by atoms with Gasteiger partial charge in [-0.3, -0.25) is 21.5 Å². The number of hydrogen-bond acceptors (Lipinski definition) is 5. The number of unbranched alkanes of at least 4 members (excludes halogenated alkanes) is 5. The van der Waals surface area contributed by atoms with Gasteiger partial charge in [-0.05, 0) is 42.9 Å². The molecule has 1 heterocycles. The quantitative estimate of drug-likeness (QED) is 0.139. The molecule has 0 unspecified atom stereocenters. The molecule has 0 aromatic heterocycles. The Hall–Kier alpha value is -4.28. The molecule has 7 N–H and O–H groups in total. The number of rotatable bonds is 9. The lowest BCUT2D eigenvalue weighted by Gasteiger charge is -2.23. The number of amides is 4.